The quantitative estimate of drug-likeness (QED) is 0.199. The molecule has 9 nitrogen and oxygen atoms in total. The van der Waals surface area contributed by atoms with Crippen LogP contribution in [0.1, 0.15) is 70.6 Å². The lowest BCUT2D eigenvalue weighted by molar-refractivity contribution is -0.180. The Kier molecular flexibility index (Phi) is 10.7. The summed E-state index contributed by atoms with van der Waals surface area (Å²) in [5, 5.41) is 3.41. The second kappa shape index (κ2) is 13.7. The fourth-order valence-corrected chi connectivity index (χ4v) is 4.05. The van der Waals surface area contributed by atoms with E-state index < -0.39 is 17.7 Å². The van der Waals surface area contributed by atoms with E-state index in [0.29, 0.717) is 45.1 Å². The summed E-state index contributed by atoms with van der Waals surface area (Å²) in [6.45, 7) is 7.84. The lowest BCUT2D eigenvalue weighted by atomic mass is 9.89. The molecule has 2 aliphatic rings. The number of rotatable bonds is 12. The number of amides is 1. The smallest absolute Gasteiger partial charge is 0.326 e. The average molecular weight is 490 g/mol. The van der Waals surface area contributed by atoms with E-state index in [1.807, 2.05) is 26.0 Å². The topological polar surface area (TPSA) is 108 Å². The van der Waals surface area contributed by atoms with Gasteiger partial charge >= 0.3 is 5.97 Å². The molecule has 2 fully saturated rings. The van der Waals surface area contributed by atoms with Crippen LogP contribution in [0.5, 0.6) is 0 Å². The number of ether oxygens (including phenoxy) is 3. The van der Waals surface area contributed by atoms with Crippen molar-refractivity contribution in [1.82, 2.24) is 15.8 Å². The van der Waals surface area contributed by atoms with Crippen molar-refractivity contribution in [2.24, 2.45) is 5.92 Å². The van der Waals surface area contributed by atoms with Crippen LogP contribution in [0.4, 0.5) is 0 Å². The van der Waals surface area contributed by atoms with Crippen LogP contribution in [-0.4, -0.2) is 54.6 Å². The Bertz CT molecular complexity index is 830. The van der Waals surface area contributed by atoms with Gasteiger partial charge < -0.3 is 14.2 Å². The van der Waals surface area contributed by atoms with Gasteiger partial charge in [0.15, 0.2) is 6.29 Å². The molecule has 3 rings (SSSR count). The summed E-state index contributed by atoms with van der Waals surface area (Å²) in [6.07, 6.45) is 9.51. The molecule has 1 aliphatic carbocycles. The molecule has 9 heteroatoms. The third kappa shape index (κ3) is 9.00. The van der Waals surface area contributed by atoms with Gasteiger partial charge in [0, 0.05) is 32.0 Å². The Labute approximate surface area is 207 Å². The fourth-order valence-electron chi connectivity index (χ4n) is 4.05. The van der Waals surface area contributed by atoms with Crippen molar-refractivity contribution in [3.8, 4) is 0 Å². The van der Waals surface area contributed by atoms with Crippen molar-refractivity contribution in [3.63, 3.8) is 0 Å². The molecule has 194 valence electrons. The molecule has 1 saturated carbocycles. The first-order chi connectivity index (χ1) is 16.9. The van der Waals surface area contributed by atoms with Gasteiger partial charge in [0.05, 0.1) is 12.3 Å². The van der Waals surface area contributed by atoms with Crippen LogP contribution in [0.15, 0.2) is 24.4 Å². The molecular weight excluding hydrogens is 450 g/mol. The number of esters is 1. The molecule has 0 spiro atoms. The number of hydrogen-bond donors (Lipinski definition) is 2. The van der Waals surface area contributed by atoms with Crippen molar-refractivity contribution in [1.29, 1.82) is 0 Å². The van der Waals surface area contributed by atoms with Crippen molar-refractivity contribution in [3.05, 3.63) is 35.7 Å². The van der Waals surface area contributed by atoms with Crippen LogP contribution in [0, 0.1) is 5.92 Å². The average Bonchev–Trinajstić information content (AvgIpc) is 3.38. The number of nitrogens with zero attached hydrogens (tertiary/aromatic N) is 1. The van der Waals surface area contributed by atoms with E-state index in [9.17, 15) is 9.59 Å². The van der Waals surface area contributed by atoms with Gasteiger partial charge in [-0.3, -0.25) is 19.9 Å². The van der Waals surface area contributed by atoms with Gasteiger partial charge in [-0.2, -0.15) is 0 Å². The van der Waals surface area contributed by atoms with Gasteiger partial charge in [-0.15, -0.1) is 0 Å². The van der Waals surface area contributed by atoms with Crippen LogP contribution < -0.4 is 10.8 Å². The maximum absolute atomic E-state index is 13.0. The highest BCUT2D eigenvalue weighted by molar-refractivity contribution is 5.90. The standard InChI is InChI=1S/C26H39N3O6/c1-19(2)18-33-20(3)35-29-24(30)11-9-21-8-10-22(27-16-21)17-28-26(12-14-32-15-13-26)25(31)34-23-6-4-5-7-23/h8-11,16,19-20,23,28H,4-7,12-15,17-18H2,1-3H3,(H,29,30)/b11-9+. The zero-order chi connectivity index (χ0) is 25.1. The first kappa shape index (κ1) is 27.3. The van der Waals surface area contributed by atoms with Crippen molar-refractivity contribution >= 4 is 18.0 Å². The molecule has 1 atom stereocenters. The minimum Gasteiger partial charge on any atom is -0.461 e. The number of nitrogens with one attached hydrogen (secondary N) is 2. The first-order valence-corrected chi connectivity index (χ1v) is 12.6. The van der Waals surface area contributed by atoms with Crippen LogP contribution in [0.2, 0.25) is 0 Å². The number of pyridine rings is 1. The molecule has 1 saturated heterocycles. The van der Waals surface area contributed by atoms with E-state index in [4.69, 9.17) is 19.0 Å². The molecule has 1 aromatic rings. The minimum absolute atomic E-state index is 0.0339. The molecule has 2 heterocycles. The Morgan fingerprint density at radius 3 is 2.60 bits per heavy atom. The Balaban J connectivity index is 1.47. The third-order valence-corrected chi connectivity index (χ3v) is 6.19. The Morgan fingerprint density at radius 2 is 1.94 bits per heavy atom. The third-order valence-electron chi connectivity index (χ3n) is 6.19. The Morgan fingerprint density at radius 1 is 1.20 bits per heavy atom. The van der Waals surface area contributed by atoms with Gasteiger partial charge in [0.1, 0.15) is 11.6 Å². The summed E-state index contributed by atoms with van der Waals surface area (Å²) in [7, 11) is 0. The number of hydroxylamine groups is 1. The summed E-state index contributed by atoms with van der Waals surface area (Å²) in [5.74, 6) is -0.183. The van der Waals surface area contributed by atoms with Crippen molar-refractivity contribution in [2.75, 3.05) is 19.8 Å². The molecule has 1 aromatic heterocycles. The summed E-state index contributed by atoms with van der Waals surface area (Å²) in [6, 6.07) is 3.74. The van der Waals surface area contributed by atoms with Gasteiger partial charge in [-0.1, -0.05) is 19.9 Å². The molecule has 2 N–H and O–H groups in total. The largest absolute Gasteiger partial charge is 0.461 e. The van der Waals surface area contributed by atoms with Gasteiger partial charge in [0.2, 0.25) is 0 Å². The number of aromatic nitrogens is 1. The van der Waals surface area contributed by atoms with Crippen LogP contribution in [0.25, 0.3) is 6.08 Å². The molecule has 0 aromatic carbocycles. The second-order valence-electron chi connectivity index (χ2n) is 9.65. The van der Waals surface area contributed by atoms with Gasteiger partial charge in [-0.25, -0.2) is 10.3 Å². The predicted octanol–water partition coefficient (Wildman–Crippen LogP) is 3.29. The second-order valence-corrected chi connectivity index (χ2v) is 9.65. The molecule has 0 radical (unpaired) electrons. The highest BCUT2D eigenvalue weighted by Gasteiger charge is 2.42. The van der Waals surface area contributed by atoms with Crippen LogP contribution in [0.3, 0.4) is 0 Å². The van der Waals surface area contributed by atoms with Crippen LogP contribution >= 0.6 is 0 Å². The number of hydrogen-bond acceptors (Lipinski definition) is 8. The molecular formula is C26H39N3O6. The fraction of sp³-hybridized carbons (Fsp3) is 0.654. The van der Waals surface area contributed by atoms with Crippen LogP contribution in [-0.2, 0) is 35.2 Å². The van der Waals surface area contributed by atoms with E-state index in [2.05, 4.69) is 15.8 Å². The maximum atomic E-state index is 13.0. The first-order valence-electron chi connectivity index (χ1n) is 12.6. The summed E-state index contributed by atoms with van der Waals surface area (Å²) in [5.41, 5.74) is 3.18. The molecule has 0 bridgehead atoms. The number of carbonyl (C=O) groups excluding carboxylic acids is 2. The molecule has 1 amide bonds. The monoisotopic (exact) mass is 489 g/mol. The SMILES string of the molecule is CC(C)COC(C)ONC(=O)/C=C/c1ccc(CNC2(C(=O)OC3CCCC3)CCOCC2)nc1. The van der Waals surface area contributed by atoms with E-state index >= 15 is 0 Å². The number of carbonyl (C=O) groups is 2. The molecule has 1 aliphatic heterocycles. The molecule has 1 unspecified atom stereocenters. The van der Waals surface area contributed by atoms with E-state index in [-0.39, 0.29) is 12.1 Å². The summed E-state index contributed by atoms with van der Waals surface area (Å²) < 4.78 is 16.8. The summed E-state index contributed by atoms with van der Waals surface area (Å²) >= 11 is 0. The van der Waals surface area contributed by atoms with Gasteiger partial charge in [-0.05, 0) is 69.1 Å². The minimum atomic E-state index is -0.741. The van der Waals surface area contributed by atoms with E-state index in [1.54, 1.807) is 19.2 Å². The van der Waals surface area contributed by atoms with Gasteiger partial charge in [0.25, 0.3) is 5.91 Å². The normalized spacial score (nSPS) is 19.2. The Hall–Kier alpha value is -2.33. The van der Waals surface area contributed by atoms with Crippen molar-refractivity contribution < 1.29 is 28.6 Å². The van der Waals surface area contributed by atoms with E-state index in [1.165, 1.54) is 6.08 Å². The molecule has 35 heavy (non-hydrogen) atoms. The lowest BCUT2D eigenvalue weighted by Gasteiger charge is -2.36. The summed E-state index contributed by atoms with van der Waals surface area (Å²) in [4.78, 5) is 34.6. The lowest BCUT2D eigenvalue weighted by Crippen LogP contribution is -2.56. The zero-order valence-corrected chi connectivity index (χ0v) is 21.1. The predicted molar refractivity (Wildman–Crippen MR) is 131 cm³/mol. The van der Waals surface area contributed by atoms with Crippen molar-refractivity contribution in [2.45, 2.75) is 83.8 Å². The van der Waals surface area contributed by atoms with E-state index in [0.717, 1.165) is 36.9 Å². The highest BCUT2D eigenvalue weighted by Crippen LogP contribution is 2.27. The highest BCUT2D eigenvalue weighted by atomic mass is 16.8. The zero-order valence-electron chi connectivity index (χ0n) is 21.1. The maximum Gasteiger partial charge on any atom is 0.326 e.